The van der Waals surface area contributed by atoms with E-state index in [9.17, 15) is 4.79 Å². The maximum Gasteiger partial charge on any atom is 0.410 e. The lowest BCUT2D eigenvalue weighted by Crippen LogP contribution is -2.15. The van der Waals surface area contributed by atoms with Gasteiger partial charge in [-0.1, -0.05) is 0 Å². The van der Waals surface area contributed by atoms with Crippen LogP contribution in [0.5, 0.6) is 5.06 Å². The van der Waals surface area contributed by atoms with Gasteiger partial charge in [0.2, 0.25) is 0 Å². The van der Waals surface area contributed by atoms with Crippen LogP contribution in [0.3, 0.4) is 0 Å². The summed E-state index contributed by atoms with van der Waals surface area (Å²) in [5.74, 6) is 0. The monoisotopic (exact) mass is 157 g/mol. The summed E-state index contributed by atoms with van der Waals surface area (Å²) in [6.45, 7) is 1.92. The molecular weight excluding hydrogens is 150 g/mol. The highest BCUT2D eigenvalue weighted by molar-refractivity contribution is 7.12. The third kappa shape index (κ3) is 1.73. The molecule has 10 heavy (non-hydrogen) atoms. The number of thiophene rings is 1. The van der Waals surface area contributed by atoms with Crippen molar-refractivity contribution in [2.45, 2.75) is 6.92 Å². The van der Waals surface area contributed by atoms with E-state index >= 15 is 0 Å². The van der Waals surface area contributed by atoms with Gasteiger partial charge in [-0.3, -0.25) is 0 Å². The number of nitrogens with two attached hydrogens (primary N) is 1. The lowest BCUT2D eigenvalue weighted by molar-refractivity contribution is 0.212. The van der Waals surface area contributed by atoms with E-state index in [1.165, 1.54) is 11.3 Å². The Morgan fingerprint density at radius 1 is 1.80 bits per heavy atom. The van der Waals surface area contributed by atoms with Gasteiger partial charge in [0.05, 0.1) is 0 Å². The predicted molar refractivity (Wildman–Crippen MR) is 39.3 cm³/mol. The SMILES string of the molecule is Cc1csc(OC(N)=O)c1. The molecule has 0 atom stereocenters. The minimum Gasteiger partial charge on any atom is -0.399 e. The number of rotatable bonds is 1. The van der Waals surface area contributed by atoms with Crippen LogP contribution < -0.4 is 10.5 Å². The van der Waals surface area contributed by atoms with Crippen LogP contribution in [0.15, 0.2) is 11.4 Å². The summed E-state index contributed by atoms with van der Waals surface area (Å²) >= 11 is 1.35. The minimum absolute atomic E-state index is 0.546. The van der Waals surface area contributed by atoms with Gasteiger partial charge in [-0.25, -0.2) is 4.79 Å². The summed E-state index contributed by atoms with van der Waals surface area (Å²) in [6, 6.07) is 1.76. The average molecular weight is 157 g/mol. The Bertz CT molecular complexity index is 244. The zero-order chi connectivity index (χ0) is 7.56. The number of carbonyl (C=O) groups is 1. The highest BCUT2D eigenvalue weighted by Gasteiger charge is 1.99. The molecule has 4 heteroatoms. The minimum atomic E-state index is -0.762. The Morgan fingerprint density at radius 2 is 2.50 bits per heavy atom. The molecule has 0 bridgehead atoms. The van der Waals surface area contributed by atoms with E-state index in [0.29, 0.717) is 5.06 Å². The van der Waals surface area contributed by atoms with Gasteiger partial charge in [0.15, 0.2) is 5.06 Å². The van der Waals surface area contributed by atoms with E-state index in [1.54, 1.807) is 6.07 Å². The van der Waals surface area contributed by atoms with Gasteiger partial charge >= 0.3 is 6.09 Å². The smallest absolute Gasteiger partial charge is 0.399 e. The zero-order valence-electron chi connectivity index (χ0n) is 5.46. The molecular formula is C6H7NO2S. The van der Waals surface area contributed by atoms with Crippen molar-refractivity contribution in [2.24, 2.45) is 5.73 Å². The van der Waals surface area contributed by atoms with Crippen molar-refractivity contribution in [3.63, 3.8) is 0 Å². The average Bonchev–Trinajstić information content (AvgIpc) is 2.13. The largest absolute Gasteiger partial charge is 0.410 e. The molecule has 3 nitrogen and oxygen atoms in total. The van der Waals surface area contributed by atoms with Crippen molar-refractivity contribution in [3.05, 3.63) is 17.0 Å². The summed E-state index contributed by atoms with van der Waals surface area (Å²) in [5.41, 5.74) is 5.85. The van der Waals surface area contributed by atoms with Gasteiger partial charge in [-0.05, 0) is 23.9 Å². The van der Waals surface area contributed by atoms with Gasteiger partial charge in [-0.2, -0.15) is 0 Å². The highest BCUT2D eigenvalue weighted by atomic mass is 32.1. The van der Waals surface area contributed by atoms with E-state index in [0.717, 1.165) is 5.56 Å². The van der Waals surface area contributed by atoms with Crippen LogP contribution in [-0.4, -0.2) is 6.09 Å². The number of primary amides is 1. The number of hydrogen-bond acceptors (Lipinski definition) is 3. The number of amides is 1. The van der Waals surface area contributed by atoms with E-state index < -0.39 is 6.09 Å². The summed E-state index contributed by atoms with van der Waals surface area (Å²) < 4.78 is 4.59. The first-order valence-electron chi connectivity index (χ1n) is 2.71. The summed E-state index contributed by atoms with van der Waals surface area (Å²) in [6.07, 6.45) is -0.762. The second kappa shape index (κ2) is 2.70. The fourth-order valence-corrected chi connectivity index (χ4v) is 1.31. The maximum absolute atomic E-state index is 10.2. The molecule has 0 spiro atoms. The van der Waals surface area contributed by atoms with Crippen LogP contribution in [0.1, 0.15) is 5.56 Å². The Kier molecular flexibility index (Phi) is 1.91. The van der Waals surface area contributed by atoms with Gasteiger partial charge in [0, 0.05) is 0 Å². The van der Waals surface area contributed by atoms with Crippen molar-refractivity contribution in [3.8, 4) is 5.06 Å². The molecule has 0 radical (unpaired) electrons. The second-order valence-corrected chi connectivity index (χ2v) is 2.74. The molecule has 54 valence electrons. The van der Waals surface area contributed by atoms with E-state index in [-0.39, 0.29) is 0 Å². The molecule has 0 aliphatic carbocycles. The number of hydrogen-bond donors (Lipinski definition) is 1. The van der Waals surface area contributed by atoms with Crippen molar-refractivity contribution in [1.29, 1.82) is 0 Å². The molecule has 0 aliphatic heterocycles. The summed E-state index contributed by atoms with van der Waals surface area (Å²) in [5, 5.41) is 2.43. The maximum atomic E-state index is 10.2. The summed E-state index contributed by atoms with van der Waals surface area (Å²) in [7, 11) is 0. The number of carbonyl (C=O) groups excluding carboxylic acids is 1. The fourth-order valence-electron chi connectivity index (χ4n) is 0.558. The highest BCUT2D eigenvalue weighted by Crippen LogP contribution is 2.21. The quantitative estimate of drug-likeness (QED) is 0.671. The van der Waals surface area contributed by atoms with E-state index in [2.05, 4.69) is 4.74 Å². The second-order valence-electron chi connectivity index (χ2n) is 1.86. The zero-order valence-corrected chi connectivity index (χ0v) is 6.27. The van der Waals surface area contributed by atoms with Crippen LogP contribution in [0.4, 0.5) is 4.79 Å². The number of ether oxygens (including phenoxy) is 1. The Hall–Kier alpha value is -1.03. The molecule has 1 rings (SSSR count). The lowest BCUT2D eigenvalue weighted by atomic mass is 10.4. The molecule has 0 unspecified atom stereocenters. The first kappa shape index (κ1) is 7.08. The molecule has 0 saturated carbocycles. The van der Waals surface area contributed by atoms with Gasteiger partial charge in [-0.15, -0.1) is 11.3 Å². The van der Waals surface area contributed by atoms with Gasteiger partial charge in [0.1, 0.15) is 0 Å². The topological polar surface area (TPSA) is 52.3 Å². The normalized spacial score (nSPS) is 9.30. The fraction of sp³-hybridized carbons (Fsp3) is 0.167. The van der Waals surface area contributed by atoms with E-state index in [1.807, 2.05) is 12.3 Å². The Labute approximate surface area is 62.4 Å². The number of aryl methyl sites for hydroxylation is 1. The molecule has 0 saturated heterocycles. The summed E-state index contributed by atoms with van der Waals surface area (Å²) in [4.78, 5) is 10.2. The van der Waals surface area contributed by atoms with Crippen molar-refractivity contribution in [2.75, 3.05) is 0 Å². The van der Waals surface area contributed by atoms with Gasteiger partial charge < -0.3 is 10.5 Å². The van der Waals surface area contributed by atoms with E-state index in [4.69, 9.17) is 5.73 Å². The Balaban J connectivity index is 2.67. The van der Waals surface area contributed by atoms with Crippen LogP contribution in [0.25, 0.3) is 0 Å². The lowest BCUT2D eigenvalue weighted by Gasteiger charge is -1.91. The Morgan fingerprint density at radius 3 is 2.90 bits per heavy atom. The van der Waals surface area contributed by atoms with Crippen LogP contribution >= 0.6 is 11.3 Å². The third-order valence-corrected chi connectivity index (χ3v) is 1.83. The molecule has 0 fully saturated rings. The molecule has 2 N–H and O–H groups in total. The van der Waals surface area contributed by atoms with Crippen molar-refractivity contribution >= 4 is 17.4 Å². The molecule has 1 aromatic heterocycles. The van der Waals surface area contributed by atoms with Gasteiger partial charge in [0.25, 0.3) is 0 Å². The van der Waals surface area contributed by atoms with Crippen LogP contribution in [0.2, 0.25) is 0 Å². The molecule has 0 aliphatic rings. The van der Waals surface area contributed by atoms with Crippen LogP contribution in [-0.2, 0) is 0 Å². The molecule has 1 aromatic rings. The van der Waals surface area contributed by atoms with Crippen LogP contribution in [0, 0.1) is 6.92 Å². The standard InChI is InChI=1S/C6H7NO2S/c1-4-2-5(10-3-4)9-6(7)8/h2-3H,1H3,(H2,7,8). The predicted octanol–water partition coefficient (Wildman–Crippen LogP) is 1.51. The van der Waals surface area contributed by atoms with Crippen molar-refractivity contribution in [1.82, 2.24) is 0 Å². The third-order valence-electron chi connectivity index (χ3n) is 0.908. The molecule has 0 aromatic carbocycles. The van der Waals surface area contributed by atoms with Crippen molar-refractivity contribution < 1.29 is 9.53 Å². The first-order chi connectivity index (χ1) is 4.68. The molecule has 1 heterocycles. The molecule has 1 amide bonds. The first-order valence-corrected chi connectivity index (χ1v) is 3.59.